The molecule has 8 heteroatoms. The van der Waals surface area contributed by atoms with Crippen molar-refractivity contribution in [1.29, 1.82) is 0 Å². The van der Waals surface area contributed by atoms with Crippen molar-refractivity contribution >= 4 is 16.9 Å². The predicted molar refractivity (Wildman–Crippen MR) is 130 cm³/mol. The highest BCUT2D eigenvalue weighted by atomic mass is 16.2. The average molecular weight is 449 g/mol. The highest BCUT2D eigenvalue weighted by Crippen LogP contribution is 2.27. The van der Waals surface area contributed by atoms with Crippen molar-refractivity contribution in [3.05, 3.63) is 68.1 Å². The van der Waals surface area contributed by atoms with Crippen LogP contribution in [0.15, 0.2) is 39.9 Å². The minimum absolute atomic E-state index is 0.0394. The van der Waals surface area contributed by atoms with E-state index < -0.39 is 0 Å². The summed E-state index contributed by atoms with van der Waals surface area (Å²) in [7, 11) is 1.71. The highest BCUT2D eigenvalue weighted by Gasteiger charge is 2.25. The van der Waals surface area contributed by atoms with Crippen LogP contribution in [0.25, 0.3) is 16.9 Å². The number of nitrogens with zero attached hydrogens (tertiary/aromatic N) is 6. The third kappa shape index (κ3) is 3.44. The fourth-order valence-electron chi connectivity index (χ4n) is 5.24. The van der Waals surface area contributed by atoms with Gasteiger partial charge in [0, 0.05) is 31.5 Å². The van der Waals surface area contributed by atoms with E-state index in [-0.39, 0.29) is 17.3 Å². The van der Waals surface area contributed by atoms with Gasteiger partial charge in [0.2, 0.25) is 5.78 Å². The van der Waals surface area contributed by atoms with Gasteiger partial charge in [-0.25, -0.2) is 4.79 Å². The molecule has 5 rings (SSSR count). The fraction of sp³-hybridized carbons (Fsp3) is 0.480. The Morgan fingerprint density at radius 2 is 1.67 bits per heavy atom. The van der Waals surface area contributed by atoms with E-state index in [0.29, 0.717) is 30.0 Å². The van der Waals surface area contributed by atoms with Crippen molar-refractivity contribution in [3.8, 4) is 0 Å². The van der Waals surface area contributed by atoms with Crippen molar-refractivity contribution < 1.29 is 0 Å². The highest BCUT2D eigenvalue weighted by molar-refractivity contribution is 5.76. The normalized spacial score (nSPS) is 16.1. The molecule has 0 unspecified atom stereocenters. The number of hydrogen-bond donors (Lipinski definition) is 0. The lowest BCUT2D eigenvalue weighted by molar-refractivity contribution is 0.218. The molecule has 1 fully saturated rings. The van der Waals surface area contributed by atoms with Gasteiger partial charge in [0.1, 0.15) is 0 Å². The van der Waals surface area contributed by atoms with Gasteiger partial charge in [-0.1, -0.05) is 36.8 Å². The molecule has 1 aromatic carbocycles. The van der Waals surface area contributed by atoms with Gasteiger partial charge in [0.15, 0.2) is 11.2 Å². The number of likely N-dealkylation sites (tertiary alicyclic amines) is 1. The first kappa shape index (κ1) is 21.7. The molecular weight excluding hydrogens is 416 g/mol. The Labute approximate surface area is 192 Å². The smallest absolute Gasteiger partial charge is 0.307 e. The Morgan fingerprint density at radius 1 is 0.970 bits per heavy atom. The van der Waals surface area contributed by atoms with Crippen LogP contribution < -0.4 is 11.2 Å². The summed E-state index contributed by atoms with van der Waals surface area (Å²) in [4.78, 5) is 33.9. The molecule has 4 heterocycles. The van der Waals surface area contributed by atoms with Gasteiger partial charge in [-0.3, -0.25) is 18.3 Å². The number of piperidine rings is 1. The Balaban J connectivity index is 1.67. The Morgan fingerprint density at radius 3 is 2.36 bits per heavy atom. The summed E-state index contributed by atoms with van der Waals surface area (Å²) in [6.45, 7) is 9.39. The van der Waals surface area contributed by atoms with E-state index in [4.69, 9.17) is 4.98 Å². The van der Waals surface area contributed by atoms with Crippen LogP contribution in [0.2, 0.25) is 0 Å². The molecule has 0 saturated carbocycles. The van der Waals surface area contributed by atoms with Gasteiger partial charge in [0.25, 0.3) is 5.56 Å². The van der Waals surface area contributed by atoms with Crippen LogP contribution in [0.4, 0.5) is 0 Å². The first-order valence-electron chi connectivity index (χ1n) is 11.9. The van der Waals surface area contributed by atoms with Crippen LogP contribution in [0.5, 0.6) is 0 Å². The number of aromatic nitrogens is 5. The van der Waals surface area contributed by atoms with Crippen molar-refractivity contribution in [2.45, 2.75) is 52.6 Å². The Bertz CT molecular complexity index is 1430. The second-order valence-corrected chi connectivity index (χ2v) is 9.25. The zero-order chi connectivity index (χ0) is 23.3. The molecule has 0 bridgehead atoms. The fourth-order valence-corrected chi connectivity index (χ4v) is 5.24. The maximum absolute atomic E-state index is 13.6. The molecule has 1 saturated heterocycles. The molecule has 1 atom stereocenters. The van der Waals surface area contributed by atoms with Crippen LogP contribution >= 0.6 is 0 Å². The van der Waals surface area contributed by atoms with Crippen LogP contribution in [0.3, 0.4) is 0 Å². The lowest BCUT2D eigenvalue weighted by atomic mass is 10.1. The van der Waals surface area contributed by atoms with E-state index in [1.165, 1.54) is 28.4 Å². The summed E-state index contributed by atoms with van der Waals surface area (Å²) < 4.78 is 7.00. The number of aryl methyl sites for hydroxylation is 2. The zero-order valence-corrected chi connectivity index (χ0v) is 19.9. The molecule has 1 aliphatic heterocycles. The first-order valence-corrected chi connectivity index (χ1v) is 11.9. The second kappa shape index (κ2) is 8.33. The summed E-state index contributed by atoms with van der Waals surface area (Å²) in [6, 6.07) is 10.3. The largest absolute Gasteiger partial charge is 0.332 e. The summed E-state index contributed by atoms with van der Waals surface area (Å²) in [6.07, 6.45) is 3.62. The van der Waals surface area contributed by atoms with Gasteiger partial charge in [-0.2, -0.15) is 4.98 Å². The van der Waals surface area contributed by atoms with Gasteiger partial charge in [-0.05, 0) is 52.3 Å². The topological polar surface area (TPSA) is 69.5 Å². The first-order chi connectivity index (χ1) is 15.9. The molecule has 8 nitrogen and oxygen atoms in total. The van der Waals surface area contributed by atoms with E-state index in [1.54, 1.807) is 7.05 Å². The number of fused-ring (bicyclic) bond motifs is 3. The van der Waals surface area contributed by atoms with Gasteiger partial charge in [-0.15, -0.1) is 0 Å². The summed E-state index contributed by atoms with van der Waals surface area (Å²) >= 11 is 0. The van der Waals surface area contributed by atoms with Gasteiger partial charge in [0.05, 0.1) is 6.04 Å². The number of benzene rings is 1. The Kier molecular flexibility index (Phi) is 5.48. The molecule has 0 spiro atoms. The molecule has 0 N–H and O–H groups in total. The van der Waals surface area contributed by atoms with Crippen LogP contribution in [0.1, 0.15) is 49.2 Å². The van der Waals surface area contributed by atoms with Crippen LogP contribution in [-0.2, 0) is 13.6 Å². The lowest BCUT2D eigenvalue weighted by Crippen LogP contribution is -2.43. The molecule has 4 aromatic rings. The van der Waals surface area contributed by atoms with E-state index >= 15 is 0 Å². The molecular formula is C25H32N6O2. The van der Waals surface area contributed by atoms with Gasteiger partial charge < -0.3 is 9.47 Å². The third-order valence-electron chi connectivity index (χ3n) is 7.32. The van der Waals surface area contributed by atoms with E-state index in [1.807, 2.05) is 29.5 Å². The zero-order valence-electron chi connectivity index (χ0n) is 19.9. The van der Waals surface area contributed by atoms with Crippen LogP contribution in [-0.4, -0.2) is 47.6 Å². The molecule has 0 radical (unpaired) electrons. The summed E-state index contributed by atoms with van der Waals surface area (Å²) in [5, 5.41) is 0. The summed E-state index contributed by atoms with van der Waals surface area (Å²) in [5.74, 6) is 0.692. The quantitative estimate of drug-likeness (QED) is 0.471. The molecule has 0 amide bonds. The monoisotopic (exact) mass is 448 g/mol. The molecule has 174 valence electrons. The van der Waals surface area contributed by atoms with E-state index in [0.717, 1.165) is 30.0 Å². The van der Waals surface area contributed by atoms with E-state index in [9.17, 15) is 9.59 Å². The van der Waals surface area contributed by atoms with Crippen molar-refractivity contribution in [2.75, 3.05) is 19.6 Å². The minimum atomic E-state index is -0.303. The van der Waals surface area contributed by atoms with E-state index in [2.05, 4.69) is 35.4 Å². The molecule has 1 aliphatic rings. The average Bonchev–Trinajstić information content (AvgIpc) is 3.33. The van der Waals surface area contributed by atoms with Crippen molar-refractivity contribution in [1.82, 2.24) is 28.0 Å². The number of rotatable bonds is 5. The van der Waals surface area contributed by atoms with Crippen LogP contribution in [0, 0.1) is 13.8 Å². The standard InChI is InChI=1S/C25H32N6O2/c1-17-18(2)31-21-22(26-24(31)30(17)19(3)20-11-7-5-8-12-20)27(4)25(33)29(23(21)32)16-15-28-13-9-6-10-14-28/h5,7-8,11-12,19H,6,9-10,13-16H2,1-4H3/t19-/m1/s1. The number of hydrogen-bond acceptors (Lipinski definition) is 4. The molecule has 3 aromatic heterocycles. The minimum Gasteiger partial charge on any atom is -0.307 e. The van der Waals surface area contributed by atoms with Crippen molar-refractivity contribution in [3.63, 3.8) is 0 Å². The second-order valence-electron chi connectivity index (χ2n) is 9.25. The molecule has 0 aliphatic carbocycles. The third-order valence-corrected chi connectivity index (χ3v) is 7.32. The molecule has 33 heavy (non-hydrogen) atoms. The number of imidazole rings is 2. The predicted octanol–water partition coefficient (Wildman–Crippen LogP) is 2.86. The Hall–Kier alpha value is -3.13. The van der Waals surface area contributed by atoms with Crippen molar-refractivity contribution in [2.24, 2.45) is 7.05 Å². The van der Waals surface area contributed by atoms with Gasteiger partial charge >= 0.3 is 5.69 Å². The maximum Gasteiger partial charge on any atom is 0.332 e. The summed E-state index contributed by atoms with van der Waals surface area (Å²) in [5.41, 5.74) is 3.54. The SMILES string of the molecule is Cc1c(C)n2c3c(=O)n(CCN4CCCCC4)c(=O)n(C)c3nc2n1[C@H](C)c1ccccc1. The lowest BCUT2D eigenvalue weighted by Gasteiger charge is -2.26. The maximum atomic E-state index is 13.6.